The summed E-state index contributed by atoms with van der Waals surface area (Å²) in [5.74, 6) is -0.135. The van der Waals surface area contributed by atoms with E-state index in [1.54, 1.807) is 0 Å². The second-order valence-electron chi connectivity index (χ2n) is 4.62. The summed E-state index contributed by atoms with van der Waals surface area (Å²) in [4.78, 5) is 16.6. The maximum absolute atomic E-state index is 13.1. The van der Waals surface area contributed by atoms with Gasteiger partial charge in [-0.3, -0.25) is 4.79 Å². The highest BCUT2D eigenvalue weighted by Gasteiger charge is 2.39. The van der Waals surface area contributed by atoms with Crippen molar-refractivity contribution < 1.29 is 18.0 Å². The van der Waals surface area contributed by atoms with Gasteiger partial charge in [-0.05, 0) is 18.6 Å². The molecule has 0 spiro atoms. The Labute approximate surface area is 112 Å². The van der Waals surface area contributed by atoms with Crippen LogP contribution in [0.15, 0.2) is 18.3 Å². The van der Waals surface area contributed by atoms with Crippen LogP contribution in [-0.2, 0) is 17.5 Å². The first-order valence-electron chi connectivity index (χ1n) is 6.14. The van der Waals surface area contributed by atoms with Crippen molar-refractivity contribution in [2.24, 2.45) is 0 Å². The summed E-state index contributed by atoms with van der Waals surface area (Å²) < 4.78 is 40.3. The molecule has 1 amide bonds. The van der Waals surface area contributed by atoms with Crippen molar-refractivity contribution in [2.45, 2.75) is 25.6 Å². The van der Waals surface area contributed by atoms with Gasteiger partial charge in [0.15, 0.2) is 11.3 Å². The Morgan fingerprint density at radius 3 is 2.80 bits per heavy atom. The highest BCUT2D eigenvalue weighted by atomic mass is 19.4. The van der Waals surface area contributed by atoms with Crippen LogP contribution in [0.4, 0.5) is 13.2 Å². The van der Waals surface area contributed by atoms with Crippen LogP contribution < -0.4 is 0 Å². The predicted molar refractivity (Wildman–Crippen MR) is 62.6 cm³/mol. The standard InChI is InChI=1S/C12H11F3N4O/c13-12(14,15)11-8(7-18-6-2-4-10(18)20)19-9(17-11)3-1-5-16-19/h1,3,5H,2,4,6-7H2. The summed E-state index contributed by atoms with van der Waals surface area (Å²) in [5.41, 5.74) is -0.944. The summed E-state index contributed by atoms with van der Waals surface area (Å²) in [6.45, 7) is 0.349. The van der Waals surface area contributed by atoms with Crippen molar-refractivity contribution in [3.05, 3.63) is 29.7 Å². The number of imidazole rings is 1. The van der Waals surface area contributed by atoms with Gasteiger partial charge in [0.2, 0.25) is 5.91 Å². The van der Waals surface area contributed by atoms with Gasteiger partial charge in [0, 0.05) is 19.2 Å². The molecule has 2 aromatic rings. The SMILES string of the molecule is O=C1CCCN1Cc1c(C(F)(F)F)nc2cccnn12. The molecule has 5 nitrogen and oxygen atoms in total. The molecule has 0 aromatic carbocycles. The van der Waals surface area contributed by atoms with Crippen molar-refractivity contribution in [1.82, 2.24) is 19.5 Å². The summed E-state index contributed by atoms with van der Waals surface area (Å²) in [5, 5.41) is 3.90. The number of alkyl halides is 3. The molecule has 0 atom stereocenters. The third-order valence-electron chi connectivity index (χ3n) is 3.27. The Morgan fingerprint density at radius 1 is 1.35 bits per heavy atom. The molecular formula is C12H11F3N4O. The lowest BCUT2D eigenvalue weighted by atomic mass is 10.3. The van der Waals surface area contributed by atoms with Crippen molar-refractivity contribution in [2.75, 3.05) is 6.54 Å². The molecule has 8 heteroatoms. The van der Waals surface area contributed by atoms with Gasteiger partial charge in [0.1, 0.15) is 0 Å². The van der Waals surface area contributed by atoms with Crippen LogP contribution in [0, 0.1) is 0 Å². The number of rotatable bonds is 2. The lowest BCUT2D eigenvalue weighted by Crippen LogP contribution is -2.26. The number of fused-ring (bicyclic) bond motifs is 1. The fraction of sp³-hybridized carbons (Fsp3) is 0.417. The van der Waals surface area contributed by atoms with Gasteiger partial charge in [-0.1, -0.05) is 0 Å². The van der Waals surface area contributed by atoms with E-state index in [0.29, 0.717) is 19.4 Å². The normalized spacial score (nSPS) is 16.4. The Morgan fingerprint density at radius 2 is 2.15 bits per heavy atom. The zero-order valence-electron chi connectivity index (χ0n) is 10.4. The number of hydrogen-bond donors (Lipinski definition) is 0. The van der Waals surface area contributed by atoms with Crippen molar-refractivity contribution in [1.29, 1.82) is 0 Å². The number of carbonyl (C=O) groups excluding carboxylic acids is 1. The average Bonchev–Trinajstić information content (AvgIpc) is 2.95. The van der Waals surface area contributed by atoms with Crippen molar-refractivity contribution in [3.63, 3.8) is 0 Å². The number of carbonyl (C=O) groups is 1. The van der Waals surface area contributed by atoms with E-state index in [1.807, 2.05) is 0 Å². The molecule has 3 rings (SSSR count). The fourth-order valence-electron chi connectivity index (χ4n) is 2.36. The van der Waals surface area contributed by atoms with Crippen molar-refractivity contribution in [3.8, 4) is 0 Å². The van der Waals surface area contributed by atoms with E-state index in [4.69, 9.17) is 0 Å². The minimum Gasteiger partial charge on any atom is -0.337 e. The molecule has 0 aliphatic carbocycles. The number of likely N-dealkylation sites (tertiary alicyclic amines) is 1. The minimum atomic E-state index is -4.56. The lowest BCUT2D eigenvalue weighted by Gasteiger charge is -2.16. The van der Waals surface area contributed by atoms with Gasteiger partial charge >= 0.3 is 6.18 Å². The third-order valence-corrected chi connectivity index (χ3v) is 3.27. The molecular weight excluding hydrogens is 273 g/mol. The first-order valence-corrected chi connectivity index (χ1v) is 6.14. The van der Waals surface area contributed by atoms with Crippen molar-refractivity contribution >= 4 is 11.6 Å². The molecule has 1 fully saturated rings. The van der Waals surface area contributed by atoms with E-state index in [0.717, 1.165) is 4.52 Å². The number of aromatic nitrogens is 3. The van der Waals surface area contributed by atoms with Crippen LogP contribution in [0.2, 0.25) is 0 Å². The van der Waals surface area contributed by atoms with E-state index >= 15 is 0 Å². The Bertz CT molecular complexity index is 664. The maximum Gasteiger partial charge on any atom is 0.435 e. The highest BCUT2D eigenvalue weighted by Crippen LogP contribution is 2.32. The average molecular weight is 284 g/mol. The van der Waals surface area contributed by atoms with Crippen LogP contribution in [0.25, 0.3) is 5.65 Å². The number of hydrogen-bond acceptors (Lipinski definition) is 3. The van der Waals surface area contributed by atoms with Crippen LogP contribution in [0.5, 0.6) is 0 Å². The molecule has 0 saturated carbocycles. The number of nitrogens with zero attached hydrogens (tertiary/aromatic N) is 4. The molecule has 0 N–H and O–H groups in total. The molecule has 0 bridgehead atoms. The van der Waals surface area contributed by atoms with Gasteiger partial charge in [0.25, 0.3) is 0 Å². The fourth-order valence-corrected chi connectivity index (χ4v) is 2.36. The zero-order valence-corrected chi connectivity index (χ0v) is 10.4. The lowest BCUT2D eigenvalue weighted by molar-refractivity contribution is -0.142. The first-order chi connectivity index (χ1) is 9.47. The molecule has 3 heterocycles. The van der Waals surface area contributed by atoms with Gasteiger partial charge < -0.3 is 4.90 Å². The van der Waals surface area contributed by atoms with Crippen LogP contribution in [0.1, 0.15) is 24.2 Å². The molecule has 20 heavy (non-hydrogen) atoms. The molecule has 106 valence electrons. The van der Waals surface area contributed by atoms with Crippen LogP contribution in [-0.4, -0.2) is 31.9 Å². The van der Waals surface area contributed by atoms with E-state index in [1.165, 1.54) is 23.2 Å². The molecule has 0 unspecified atom stereocenters. The van der Waals surface area contributed by atoms with Gasteiger partial charge in [-0.15, -0.1) is 0 Å². The maximum atomic E-state index is 13.1. The third kappa shape index (κ3) is 2.10. The van der Waals surface area contributed by atoms with E-state index in [-0.39, 0.29) is 23.8 Å². The molecule has 1 saturated heterocycles. The zero-order chi connectivity index (χ0) is 14.3. The van der Waals surface area contributed by atoms with Gasteiger partial charge in [-0.2, -0.15) is 18.3 Å². The molecule has 1 aliphatic rings. The monoisotopic (exact) mass is 284 g/mol. The summed E-state index contributed by atoms with van der Waals surface area (Å²) in [6, 6.07) is 2.98. The Kier molecular flexibility index (Phi) is 2.88. The Hall–Kier alpha value is -2.12. The smallest absolute Gasteiger partial charge is 0.337 e. The topological polar surface area (TPSA) is 50.5 Å². The summed E-state index contributed by atoms with van der Waals surface area (Å²) >= 11 is 0. The number of amides is 1. The first kappa shape index (κ1) is 12.9. The minimum absolute atomic E-state index is 0.0941. The summed E-state index contributed by atoms with van der Waals surface area (Å²) in [7, 11) is 0. The van der Waals surface area contributed by atoms with Crippen LogP contribution in [0.3, 0.4) is 0 Å². The second kappa shape index (κ2) is 4.46. The van der Waals surface area contributed by atoms with Gasteiger partial charge in [-0.25, -0.2) is 9.50 Å². The van der Waals surface area contributed by atoms with E-state index in [9.17, 15) is 18.0 Å². The van der Waals surface area contributed by atoms with Crippen LogP contribution >= 0.6 is 0 Å². The molecule has 0 radical (unpaired) electrons. The predicted octanol–water partition coefficient (Wildman–Crippen LogP) is 1.87. The molecule has 1 aliphatic heterocycles. The summed E-state index contributed by atoms with van der Waals surface area (Å²) in [6.07, 6.45) is -2.12. The van der Waals surface area contributed by atoms with E-state index < -0.39 is 11.9 Å². The Balaban J connectivity index is 2.09. The largest absolute Gasteiger partial charge is 0.435 e. The second-order valence-corrected chi connectivity index (χ2v) is 4.62. The van der Waals surface area contributed by atoms with E-state index in [2.05, 4.69) is 10.1 Å². The number of halogens is 3. The highest BCUT2D eigenvalue weighted by molar-refractivity contribution is 5.78. The molecule has 2 aromatic heterocycles. The van der Waals surface area contributed by atoms with Gasteiger partial charge in [0.05, 0.1) is 12.2 Å². The quantitative estimate of drug-likeness (QED) is 0.846.